The number of aryl methyl sites for hydroxylation is 1. The standard InChI is InChI=1S/C24H31N5O5S/c1-28-20-6-4-3-5-18(20)26-24(28)27-22(31)19-16-35-23(25-19)17-7-9-29(10-8-17)21(30)15-34-14-13-33-12-11-32-2/h3-6,16-17H,7-15H2,1-2H3,(H,26,27,31). The molecule has 1 aliphatic rings. The molecular weight excluding hydrogens is 470 g/mol. The minimum Gasteiger partial charge on any atom is -0.382 e. The second-order valence-electron chi connectivity index (χ2n) is 8.32. The van der Waals surface area contributed by atoms with E-state index in [1.165, 1.54) is 11.3 Å². The van der Waals surface area contributed by atoms with Crippen LogP contribution in [0.3, 0.4) is 0 Å². The molecule has 1 saturated heterocycles. The summed E-state index contributed by atoms with van der Waals surface area (Å²) in [4.78, 5) is 36.1. The molecule has 1 fully saturated rings. The van der Waals surface area contributed by atoms with Gasteiger partial charge in [-0.05, 0) is 25.0 Å². The van der Waals surface area contributed by atoms with E-state index in [9.17, 15) is 9.59 Å². The average molecular weight is 502 g/mol. The molecule has 0 aliphatic carbocycles. The third kappa shape index (κ3) is 6.43. The van der Waals surface area contributed by atoms with Gasteiger partial charge in [-0.3, -0.25) is 14.9 Å². The molecule has 1 aliphatic heterocycles. The number of thiazole rings is 1. The highest BCUT2D eigenvalue weighted by molar-refractivity contribution is 7.10. The van der Waals surface area contributed by atoms with E-state index in [2.05, 4.69) is 15.3 Å². The van der Waals surface area contributed by atoms with Crippen LogP contribution in [0, 0.1) is 0 Å². The van der Waals surface area contributed by atoms with Gasteiger partial charge in [0.15, 0.2) is 0 Å². The minimum atomic E-state index is -0.276. The van der Waals surface area contributed by atoms with Gasteiger partial charge in [-0.1, -0.05) is 12.1 Å². The van der Waals surface area contributed by atoms with Crippen LogP contribution in [0.25, 0.3) is 11.0 Å². The van der Waals surface area contributed by atoms with Crippen molar-refractivity contribution in [3.05, 3.63) is 40.3 Å². The molecule has 4 rings (SSSR count). The number of piperidine rings is 1. The molecule has 188 valence electrons. The van der Waals surface area contributed by atoms with E-state index in [0.717, 1.165) is 28.9 Å². The molecule has 0 atom stereocenters. The molecular formula is C24H31N5O5S. The normalized spacial score (nSPS) is 14.5. The summed E-state index contributed by atoms with van der Waals surface area (Å²) in [6.45, 7) is 3.24. The van der Waals surface area contributed by atoms with E-state index in [4.69, 9.17) is 14.2 Å². The number of benzene rings is 1. The van der Waals surface area contributed by atoms with Gasteiger partial charge in [-0.2, -0.15) is 0 Å². The summed E-state index contributed by atoms with van der Waals surface area (Å²) in [7, 11) is 3.49. The van der Waals surface area contributed by atoms with Gasteiger partial charge in [0.1, 0.15) is 12.3 Å². The minimum absolute atomic E-state index is 0.0120. The summed E-state index contributed by atoms with van der Waals surface area (Å²) in [6, 6.07) is 7.73. The van der Waals surface area contributed by atoms with Crippen molar-refractivity contribution in [2.75, 3.05) is 58.6 Å². The van der Waals surface area contributed by atoms with Crippen LogP contribution in [0.15, 0.2) is 29.6 Å². The van der Waals surface area contributed by atoms with E-state index in [1.54, 1.807) is 12.5 Å². The van der Waals surface area contributed by atoms with Crippen LogP contribution in [0.2, 0.25) is 0 Å². The van der Waals surface area contributed by atoms with Crippen LogP contribution in [-0.4, -0.2) is 84.5 Å². The molecule has 1 N–H and O–H groups in total. The highest BCUT2D eigenvalue weighted by Gasteiger charge is 2.26. The Hall–Kier alpha value is -2.86. The number of hydrogen-bond donors (Lipinski definition) is 1. The summed E-state index contributed by atoms with van der Waals surface area (Å²) in [5.74, 6) is 0.432. The number of aromatic nitrogens is 3. The zero-order valence-electron chi connectivity index (χ0n) is 20.1. The van der Waals surface area contributed by atoms with Crippen LogP contribution in [0.1, 0.15) is 34.3 Å². The zero-order chi connectivity index (χ0) is 24.6. The summed E-state index contributed by atoms with van der Waals surface area (Å²) in [5.41, 5.74) is 2.16. The Balaban J connectivity index is 1.22. The Morgan fingerprint density at radius 2 is 1.83 bits per heavy atom. The van der Waals surface area contributed by atoms with Gasteiger partial charge < -0.3 is 23.7 Å². The van der Waals surface area contributed by atoms with E-state index in [-0.39, 0.29) is 24.3 Å². The number of methoxy groups -OCH3 is 1. The number of fused-ring (bicyclic) bond motifs is 1. The van der Waals surface area contributed by atoms with Gasteiger partial charge in [-0.15, -0.1) is 11.3 Å². The van der Waals surface area contributed by atoms with Crippen LogP contribution in [0.5, 0.6) is 0 Å². The maximum atomic E-state index is 12.8. The Bertz CT molecular complexity index is 1140. The predicted octanol–water partition coefficient (Wildman–Crippen LogP) is 2.67. The van der Waals surface area contributed by atoms with Gasteiger partial charge in [-0.25, -0.2) is 9.97 Å². The largest absolute Gasteiger partial charge is 0.382 e. The Kier molecular flexibility index (Phi) is 8.80. The molecule has 0 spiro atoms. The quantitative estimate of drug-likeness (QED) is 0.403. The fourth-order valence-electron chi connectivity index (χ4n) is 3.99. The number of likely N-dealkylation sites (tertiary alicyclic amines) is 1. The fourth-order valence-corrected chi connectivity index (χ4v) is 4.96. The predicted molar refractivity (Wildman–Crippen MR) is 133 cm³/mol. The van der Waals surface area contributed by atoms with Gasteiger partial charge in [0.2, 0.25) is 11.9 Å². The second-order valence-corrected chi connectivity index (χ2v) is 9.21. The molecule has 3 heterocycles. The van der Waals surface area contributed by atoms with Crippen LogP contribution in [0.4, 0.5) is 5.95 Å². The number of amides is 2. The van der Waals surface area contributed by atoms with Crippen molar-refractivity contribution in [2.45, 2.75) is 18.8 Å². The molecule has 10 nitrogen and oxygen atoms in total. The maximum Gasteiger partial charge on any atom is 0.277 e. The lowest BCUT2D eigenvalue weighted by Gasteiger charge is -2.31. The zero-order valence-corrected chi connectivity index (χ0v) is 20.9. The topological polar surface area (TPSA) is 108 Å². The van der Waals surface area contributed by atoms with Crippen LogP contribution < -0.4 is 5.32 Å². The summed E-state index contributed by atoms with van der Waals surface area (Å²) < 4.78 is 17.5. The van der Waals surface area contributed by atoms with Crippen molar-refractivity contribution in [1.29, 1.82) is 0 Å². The number of carbonyl (C=O) groups is 2. The molecule has 0 unspecified atom stereocenters. The van der Waals surface area contributed by atoms with Crippen molar-refractivity contribution in [3.8, 4) is 0 Å². The van der Waals surface area contributed by atoms with Crippen LogP contribution in [-0.2, 0) is 26.1 Å². The van der Waals surface area contributed by atoms with E-state index < -0.39 is 0 Å². The Morgan fingerprint density at radius 1 is 1.09 bits per heavy atom. The van der Waals surface area contributed by atoms with Gasteiger partial charge >= 0.3 is 0 Å². The lowest BCUT2D eigenvalue weighted by Crippen LogP contribution is -2.40. The van der Waals surface area contributed by atoms with Crippen molar-refractivity contribution < 1.29 is 23.8 Å². The Morgan fingerprint density at radius 3 is 2.60 bits per heavy atom. The van der Waals surface area contributed by atoms with Crippen LogP contribution >= 0.6 is 11.3 Å². The first-order chi connectivity index (χ1) is 17.1. The Labute approximate surface area is 208 Å². The third-order valence-electron chi connectivity index (χ3n) is 5.99. The summed E-state index contributed by atoms with van der Waals surface area (Å²) in [5, 5.41) is 5.58. The molecule has 1 aromatic carbocycles. The molecule has 0 radical (unpaired) electrons. The number of anilines is 1. The van der Waals surface area contributed by atoms with Gasteiger partial charge in [0, 0.05) is 38.5 Å². The van der Waals surface area contributed by atoms with Crippen molar-refractivity contribution >= 4 is 40.1 Å². The molecule has 2 amide bonds. The lowest BCUT2D eigenvalue weighted by molar-refractivity contribution is -0.137. The first-order valence-corrected chi connectivity index (χ1v) is 12.5. The number of rotatable bonds is 11. The molecule has 0 saturated carbocycles. The third-order valence-corrected chi connectivity index (χ3v) is 7.00. The van der Waals surface area contributed by atoms with Crippen molar-refractivity contribution in [2.24, 2.45) is 7.05 Å². The number of hydrogen-bond acceptors (Lipinski definition) is 8. The van der Waals surface area contributed by atoms with E-state index in [0.29, 0.717) is 51.2 Å². The monoisotopic (exact) mass is 501 g/mol. The number of ether oxygens (including phenoxy) is 3. The highest BCUT2D eigenvalue weighted by Crippen LogP contribution is 2.30. The molecule has 3 aromatic rings. The number of nitrogens with one attached hydrogen (secondary N) is 1. The molecule has 0 bridgehead atoms. The summed E-state index contributed by atoms with van der Waals surface area (Å²) >= 11 is 1.49. The van der Waals surface area contributed by atoms with Gasteiger partial charge in [0.25, 0.3) is 5.91 Å². The van der Waals surface area contributed by atoms with Crippen molar-refractivity contribution in [1.82, 2.24) is 19.4 Å². The molecule has 35 heavy (non-hydrogen) atoms. The number of carbonyl (C=O) groups excluding carboxylic acids is 2. The SMILES string of the molecule is COCCOCCOCC(=O)N1CCC(c2nc(C(=O)Nc3nc4ccccc4n3C)cs2)CC1. The summed E-state index contributed by atoms with van der Waals surface area (Å²) in [6.07, 6.45) is 1.62. The lowest BCUT2D eigenvalue weighted by atomic mass is 9.97. The number of nitrogens with zero attached hydrogens (tertiary/aromatic N) is 4. The average Bonchev–Trinajstić information content (AvgIpc) is 3.49. The first-order valence-electron chi connectivity index (χ1n) is 11.7. The second kappa shape index (κ2) is 12.2. The maximum absolute atomic E-state index is 12.8. The first kappa shape index (κ1) is 25.2. The van der Waals surface area contributed by atoms with E-state index in [1.807, 2.05) is 40.8 Å². The smallest absolute Gasteiger partial charge is 0.277 e. The molecule has 11 heteroatoms. The highest BCUT2D eigenvalue weighted by atomic mass is 32.1. The fraction of sp³-hybridized carbons (Fsp3) is 0.500. The van der Waals surface area contributed by atoms with E-state index >= 15 is 0 Å². The number of para-hydroxylation sites is 2. The van der Waals surface area contributed by atoms with Crippen molar-refractivity contribution in [3.63, 3.8) is 0 Å². The molecule has 2 aromatic heterocycles. The van der Waals surface area contributed by atoms with Gasteiger partial charge in [0.05, 0.1) is 42.5 Å². The number of imidazole rings is 1.